The molecule has 2 rings (SSSR count). The van der Waals surface area contributed by atoms with E-state index in [2.05, 4.69) is 0 Å². The van der Waals surface area contributed by atoms with Gasteiger partial charge in [0.05, 0.1) is 12.9 Å². The molecule has 16 heavy (non-hydrogen) atoms. The monoisotopic (exact) mass is 221 g/mol. The number of rotatable bonds is 3. The molecule has 2 nitrogen and oxygen atoms in total. The molecule has 0 amide bonds. The van der Waals surface area contributed by atoms with Gasteiger partial charge in [-0.25, -0.2) is 4.39 Å². The van der Waals surface area contributed by atoms with Gasteiger partial charge >= 0.3 is 0 Å². The Labute approximate surface area is 94.9 Å². The second-order valence-corrected chi connectivity index (χ2v) is 3.99. The van der Waals surface area contributed by atoms with Gasteiger partial charge in [0, 0.05) is 12.1 Å². The molecule has 1 heterocycles. The Hall–Kier alpha value is -1.35. The molecule has 0 spiro atoms. The van der Waals surface area contributed by atoms with Gasteiger partial charge in [0.2, 0.25) is 0 Å². The summed E-state index contributed by atoms with van der Waals surface area (Å²) in [6.07, 6.45) is 3.09. The highest BCUT2D eigenvalue weighted by Crippen LogP contribution is 2.36. The van der Waals surface area contributed by atoms with Gasteiger partial charge in [-0.1, -0.05) is 30.3 Å². The van der Waals surface area contributed by atoms with E-state index >= 15 is 0 Å². The number of halogens is 1. The molecule has 0 saturated heterocycles. The third kappa shape index (κ3) is 1.95. The molecule has 1 aromatic rings. The van der Waals surface area contributed by atoms with Crippen LogP contribution in [0.2, 0.25) is 0 Å². The quantitative estimate of drug-likeness (QED) is 0.851. The first-order valence-corrected chi connectivity index (χ1v) is 5.53. The second-order valence-electron chi connectivity index (χ2n) is 3.99. The second kappa shape index (κ2) is 4.66. The molecule has 0 aliphatic carbocycles. The van der Waals surface area contributed by atoms with E-state index < -0.39 is 5.67 Å². The zero-order chi connectivity index (χ0) is 11.4. The van der Waals surface area contributed by atoms with Crippen molar-refractivity contribution in [2.75, 3.05) is 13.2 Å². The largest absolute Gasteiger partial charge is 0.501 e. The number of hydrogen-bond donors (Lipinski definition) is 1. The van der Waals surface area contributed by atoms with Gasteiger partial charge in [-0.3, -0.25) is 0 Å². The number of nitrogens with two attached hydrogens (primary N) is 1. The van der Waals surface area contributed by atoms with Crippen LogP contribution in [0.4, 0.5) is 4.39 Å². The minimum Gasteiger partial charge on any atom is -0.501 e. The van der Waals surface area contributed by atoms with Crippen LogP contribution in [0.1, 0.15) is 18.4 Å². The van der Waals surface area contributed by atoms with Gasteiger partial charge in [0.15, 0.2) is 5.67 Å². The fraction of sp³-hybridized carbons (Fsp3) is 0.385. The van der Waals surface area contributed by atoms with Crippen molar-refractivity contribution in [1.29, 1.82) is 0 Å². The van der Waals surface area contributed by atoms with Gasteiger partial charge in [0.1, 0.15) is 0 Å². The fourth-order valence-electron chi connectivity index (χ4n) is 1.99. The third-order valence-electron chi connectivity index (χ3n) is 2.96. The lowest BCUT2D eigenvalue weighted by Crippen LogP contribution is -2.33. The summed E-state index contributed by atoms with van der Waals surface area (Å²) in [5.74, 6) is 0. The predicted octanol–water partition coefficient (Wildman–Crippen LogP) is 2.50. The lowest BCUT2D eigenvalue weighted by Gasteiger charge is -2.29. The van der Waals surface area contributed by atoms with Crippen LogP contribution in [0.5, 0.6) is 0 Å². The average molecular weight is 221 g/mol. The molecule has 1 atom stereocenters. The Morgan fingerprint density at radius 1 is 1.31 bits per heavy atom. The Morgan fingerprint density at radius 3 is 2.62 bits per heavy atom. The van der Waals surface area contributed by atoms with E-state index in [1.165, 1.54) is 6.26 Å². The molecule has 0 saturated carbocycles. The molecule has 0 fully saturated rings. The lowest BCUT2D eigenvalue weighted by molar-refractivity contribution is 0.167. The minimum absolute atomic E-state index is 0.0494. The summed E-state index contributed by atoms with van der Waals surface area (Å²) in [5.41, 5.74) is 5.27. The van der Waals surface area contributed by atoms with Crippen molar-refractivity contribution in [2.45, 2.75) is 18.5 Å². The van der Waals surface area contributed by atoms with Gasteiger partial charge in [-0.15, -0.1) is 0 Å². The van der Waals surface area contributed by atoms with Gasteiger partial charge in [-0.2, -0.15) is 0 Å². The zero-order valence-corrected chi connectivity index (χ0v) is 9.16. The molecule has 1 aliphatic rings. The number of ether oxygens (including phenoxy) is 1. The average Bonchev–Trinajstić information content (AvgIpc) is 2.40. The molecular formula is C13H16FNO. The first-order valence-electron chi connectivity index (χ1n) is 5.53. The maximum absolute atomic E-state index is 14.9. The van der Waals surface area contributed by atoms with Crippen LogP contribution >= 0.6 is 0 Å². The smallest absolute Gasteiger partial charge is 0.172 e. The molecule has 2 N–H and O–H groups in total. The summed E-state index contributed by atoms with van der Waals surface area (Å²) in [7, 11) is 0. The van der Waals surface area contributed by atoms with Crippen LogP contribution in [0.15, 0.2) is 42.2 Å². The third-order valence-corrected chi connectivity index (χ3v) is 2.96. The van der Waals surface area contributed by atoms with E-state index in [0.717, 1.165) is 6.42 Å². The number of alkyl halides is 1. The summed E-state index contributed by atoms with van der Waals surface area (Å²) in [5, 5.41) is 0. The van der Waals surface area contributed by atoms with Crippen LogP contribution in [-0.2, 0) is 10.4 Å². The Kier molecular flexibility index (Phi) is 3.25. The molecule has 1 aromatic carbocycles. The zero-order valence-electron chi connectivity index (χ0n) is 9.16. The van der Waals surface area contributed by atoms with Crippen LogP contribution in [0.3, 0.4) is 0 Å². The first-order chi connectivity index (χ1) is 7.77. The van der Waals surface area contributed by atoms with Crippen molar-refractivity contribution < 1.29 is 9.13 Å². The van der Waals surface area contributed by atoms with E-state index in [-0.39, 0.29) is 6.54 Å². The molecule has 0 bridgehead atoms. The molecule has 1 unspecified atom stereocenters. The van der Waals surface area contributed by atoms with Crippen molar-refractivity contribution in [3.05, 3.63) is 47.7 Å². The van der Waals surface area contributed by atoms with Gasteiger partial charge < -0.3 is 10.5 Å². The molecule has 86 valence electrons. The normalized spacial score (nSPS) is 19.5. The van der Waals surface area contributed by atoms with Crippen molar-refractivity contribution in [3.8, 4) is 0 Å². The van der Waals surface area contributed by atoms with E-state index in [1.54, 1.807) is 12.1 Å². The van der Waals surface area contributed by atoms with E-state index in [1.807, 2.05) is 18.2 Å². The summed E-state index contributed by atoms with van der Waals surface area (Å²) in [6, 6.07) is 9.05. The van der Waals surface area contributed by atoms with Crippen LogP contribution in [-0.4, -0.2) is 13.2 Å². The summed E-state index contributed by atoms with van der Waals surface area (Å²) in [4.78, 5) is 0. The van der Waals surface area contributed by atoms with Crippen molar-refractivity contribution in [1.82, 2.24) is 0 Å². The van der Waals surface area contributed by atoms with Crippen molar-refractivity contribution >= 4 is 0 Å². The summed E-state index contributed by atoms with van der Waals surface area (Å²) < 4.78 is 20.1. The molecule has 3 heteroatoms. The van der Waals surface area contributed by atoms with Gasteiger partial charge in [0.25, 0.3) is 0 Å². The number of benzene rings is 1. The summed E-state index contributed by atoms with van der Waals surface area (Å²) >= 11 is 0. The van der Waals surface area contributed by atoms with Crippen molar-refractivity contribution in [2.24, 2.45) is 5.73 Å². The van der Waals surface area contributed by atoms with Crippen molar-refractivity contribution in [3.63, 3.8) is 0 Å². The predicted molar refractivity (Wildman–Crippen MR) is 61.6 cm³/mol. The maximum atomic E-state index is 14.9. The standard InChI is InChI=1S/C13H16FNO/c14-13(10-15,11-5-2-1-3-6-11)12-7-4-8-16-9-12/h1-3,5-6,9H,4,7-8,10,15H2. The molecular weight excluding hydrogens is 205 g/mol. The molecule has 0 radical (unpaired) electrons. The topological polar surface area (TPSA) is 35.2 Å². The fourth-order valence-corrected chi connectivity index (χ4v) is 1.99. The lowest BCUT2D eigenvalue weighted by atomic mass is 9.85. The first kappa shape index (κ1) is 11.1. The number of hydrogen-bond acceptors (Lipinski definition) is 2. The van der Waals surface area contributed by atoms with Crippen LogP contribution in [0.25, 0.3) is 0 Å². The van der Waals surface area contributed by atoms with Crippen LogP contribution in [0, 0.1) is 0 Å². The summed E-state index contributed by atoms with van der Waals surface area (Å²) in [6.45, 7) is 0.616. The van der Waals surface area contributed by atoms with E-state index in [0.29, 0.717) is 24.2 Å². The highest BCUT2D eigenvalue weighted by atomic mass is 19.1. The van der Waals surface area contributed by atoms with Gasteiger partial charge in [-0.05, 0) is 18.4 Å². The van der Waals surface area contributed by atoms with E-state index in [4.69, 9.17) is 10.5 Å². The highest BCUT2D eigenvalue weighted by molar-refractivity contribution is 5.33. The Bertz CT molecular complexity index is 377. The Balaban J connectivity index is 2.35. The molecule has 1 aliphatic heterocycles. The van der Waals surface area contributed by atoms with E-state index in [9.17, 15) is 4.39 Å². The SMILES string of the molecule is NCC(F)(C1=COCCC1)c1ccccc1. The molecule has 0 aromatic heterocycles. The Morgan fingerprint density at radius 2 is 2.06 bits per heavy atom. The minimum atomic E-state index is -1.58. The maximum Gasteiger partial charge on any atom is 0.172 e. The highest BCUT2D eigenvalue weighted by Gasteiger charge is 2.35. The van der Waals surface area contributed by atoms with Crippen LogP contribution < -0.4 is 5.73 Å².